The molecule has 1 aromatic rings. The fraction of sp³-hybridized carbons (Fsp3) is 0.611. The van der Waals surface area contributed by atoms with E-state index in [1.165, 1.54) is 44.3 Å². The number of nitrogens with one attached hydrogen (secondary N) is 1. The van der Waals surface area contributed by atoms with E-state index in [9.17, 15) is 4.79 Å². The molecule has 138 valence electrons. The number of carbonyl (C=O) groups is 1. The average Bonchev–Trinajstić information content (AvgIpc) is 2.73. The zero-order valence-electron chi connectivity index (χ0n) is 14.5. The van der Waals surface area contributed by atoms with Crippen molar-refractivity contribution < 1.29 is 4.79 Å². The number of hydrogen-bond acceptors (Lipinski definition) is 3. The number of hydrogen-bond donors (Lipinski definition) is 2. The van der Waals surface area contributed by atoms with Gasteiger partial charge in [-0.15, -0.1) is 24.8 Å². The maximum atomic E-state index is 11.7. The van der Waals surface area contributed by atoms with Crippen LogP contribution in [0, 0.1) is 0 Å². The Morgan fingerprint density at radius 2 is 1.79 bits per heavy atom. The lowest BCUT2D eigenvalue weighted by Gasteiger charge is -2.20. The van der Waals surface area contributed by atoms with Gasteiger partial charge >= 0.3 is 0 Å². The van der Waals surface area contributed by atoms with Crippen molar-refractivity contribution in [1.29, 1.82) is 0 Å². The monoisotopic (exact) mass is 375 g/mol. The first kappa shape index (κ1) is 23.2. The fourth-order valence-electron chi connectivity index (χ4n) is 2.96. The molecule has 1 fully saturated rings. The summed E-state index contributed by atoms with van der Waals surface area (Å²) in [6.07, 6.45) is 5.73. The van der Waals surface area contributed by atoms with Gasteiger partial charge < -0.3 is 11.1 Å². The minimum atomic E-state index is -0.0885. The van der Waals surface area contributed by atoms with Crippen LogP contribution in [0.4, 0.5) is 0 Å². The molecule has 6 heteroatoms. The predicted octanol–water partition coefficient (Wildman–Crippen LogP) is 3.26. The van der Waals surface area contributed by atoms with E-state index in [2.05, 4.69) is 34.5 Å². The third kappa shape index (κ3) is 8.88. The smallest absolute Gasteiger partial charge is 0.221 e. The van der Waals surface area contributed by atoms with Gasteiger partial charge in [-0.1, -0.05) is 37.1 Å². The van der Waals surface area contributed by atoms with Crippen molar-refractivity contribution in [3.63, 3.8) is 0 Å². The van der Waals surface area contributed by atoms with Crippen LogP contribution in [0.15, 0.2) is 24.3 Å². The first-order chi connectivity index (χ1) is 10.6. The highest BCUT2D eigenvalue weighted by Gasteiger charge is 2.10. The Hall–Kier alpha value is -0.810. The van der Waals surface area contributed by atoms with Gasteiger partial charge in [0.2, 0.25) is 5.91 Å². The van der Waals surface area contributed by atoms with Crippen LogP contribution >= 0.6 is 24.8 Å². The summed E-state index contributed by atoms with van der Waals surface area (Å²) in [4.78, 5) is 14.2. The van der Waals surface area contributed by atoms with Crippen LogP contribution in [0.25, 0.3) is 0 Å². The summed E-state index contributed by atoms with van der Waals surface area (Å²) in [7, 11) is 0. The molecule has 1 aliphatic heterocycles. The van der Waals surface area contributed by atoms with Gasteiger partial charge in [0.15, 0.2) is 0 Å². The van der Waals surface area contributed by atoms with Gasteiger partial charge in [0.05, 0.1) is 0 Å². The Kier molecular flexibility index (Phi) is 12.1. The van der Waals surface area contributed by atoms with Gasteiger partial charge in [-0.3, -0.25) is 9.69 Å². The molecule has 0 aliphatic carbocycles. The van der Waals surface area contributed by atoms with Gasteiger partial charge in [0.1, 0.15) is 0 Å². The molecule has 1 unspecified atom stereocenters. The molecule has 3 N–H and O–H groups in total. The Balaban J connectivity index is 0.00000264. The molecule has 1 heterocycles. The highest BCUT2D eigenvalue weighted by atomic mass is 35.5. The molecule has 0 aromatic heterocycles. The SMILES string of the molecule is CC(N)CC(=O)NCc1cccc(CN2CCCCCC2)c1.Cl.Cl. The van der Waals surface area contributed by atoms with Gasteiger partial charge in [-0.05, 0) is 44.0 Å². The summed E-state index contributed by atoms with van der Waals surface area (Å²) < 4.78 is 0. The molecular weight excluding hydrogens is 345 g/mol. The average molecular weight is 376 g/mol. The molecule has 1 aromatic carbocycles. The summed E-state index contributed by atoms with van der Waals surface area (Å²) >= 11 is 0. The Labute approximate surface area is 158 Å². The van der Waals surface area contributed by atoms with E-state index >= 15 is 0 Å². The topological polar surface area (TPSA) is 58.4 Å². The van der Waals surface area contributed by atoms with E-state index in [-0.39, 0.29) is 36.8 Å². The molecule has 0 radical (unpaired) electrons. The number of nitrogens with zero attached hydrogens (tertiary/aromatic N) is 1. The van der Waals surface area contributed by atoms with Crippen molar-refractivity contribution in [3.8, 4) is 0 Å². The third-order valence-electron chi connectivity index (χ3n) is 4.09. The van der Waals surface area contributed by atoms with Crippen LogP contribution in [0.1, 0.15) is 50.2 Å². The van der Waals surface area contributed by atoms with E-state index in [4.69, 9.17) is 5.73 Å². The van der Waals surface area contributed by atoms with Crippen LogP contribution < -0.4 is 11.1 Å². The normalized spacial score (nSPS) is 16.2. The minimum Gasteiger partial charge on any atom is -0.352 e. The maximum Gasteiger partial charge on any atom is 0.221 e. The summed E-state index contributed by atoms with van der Waals surface area (Å²) in [5.41, 5.74) is 8.13. The lowest BCUT2D eigenvalue weighted by Crippen LogP contribution is -2.29. The molecule has 1 atom stereocenters. The predicted molar refractivity (Wildman–Crippen MR) is 105 cm³/mol. The Morgan fingerprint density at radius 3 is 2.42 bits per heavy atom. The van der Waals surface area contributed by atoms with Gasteiger partial charge in [-0.25, -0.2) is 0 Å². The summed E-state index contributed by atoms with van der Waals surface area (Å²) in [6.45, 7) is 5.85. The van der Waals surface area contributed by atoms with Crippen LogP contribution in [0.2, 0.25) is 0 Å². The van der Waals surface area contributed by atoms with E-state index < -0.39 is 0 Å². The van der Waals surface area contributed by atoms with Crippen LogP contribution in [0.3, 0.4) is 0 Å². The van der Waals surface area contributed by atoms with Crippen molar-refractivity contribution in [2.24, 2.45) is 5.73 Å². The molecule has 2 rings (SSSR count). The molecule has 0 spiro atoms. The first-order valence-corrected chi connectivity index (χ1v) is 8.46. The standard InChI is InChI=1S/C18H29N3O.2ClH/c1-15(19)11-18(22)20-13-16-7-6-8-17(12-16)14-21-9-4-2-3-5-10-21;;/h6-8,12,15H,2-5,9-11,13-14,19H2,1H3,(H,20,22);2*1H. The number of benzene rings is 1. The number of likely N-dealkylation sites (tertiary alicyclic amines) is 1. The van der Waals surface area contributed by atoms with Gasteiger partial charge in [-0.2, -0.15) is 0 Å². The Morgan fingerprint density at radius 1 is 1.17 bits per heavy atom. The number of amides is 1. The quantitative estimate of drug-likeness (QED) is 0.801. The lowest BCUT2D eigenvalue weighted by atomic mass is 10.1. The van der Waals surface area contributed by atoms with Crippen LogP contribution in [0.5, 0.6) is 0 Å². The van der Waals surface area contributed by atoms with E-state index in [1.54, 1.807) is 0 Å². The molecule has 1 aliphatic rings. The second-order valence-electron chi connectivity index (χ2n) is 6.47. The lowest BCUT2D eigenvalue weighted by molar-refractivity contribution is -0.121. The van der Waals surface area contributed by atoms with E-state index in [0.717, 1.165) is 12.1 Å². The summed E-state index contributed by atoms with van der Waals surface area (Å²) in [5.74, 6) is 0.0212. The molecular formula is C18H31Cl2N3O. The fourth-order valence-corrected chi connectivity index (χ4v) is 2.96. The second kappa shape index (κ2) is 12.5. The molecule has 24 heavy (non-hydrogen) atoms. The molecule has 4 nitrogen and oxygen atoms in total. The zero-order chi connectivity index (χ0) is 15.8. The minimum absolute atomic E-state index is 0. The summed E-state index contributed by atoms with van der Waals surface area (Å²) in [6, 6.07) is 8.45. The van der Waals surface area contributed by atoms with Crippen molar-refractivity contribution in [2.75, 3.05) is 13.1 Å². The Bertz CT molecular complexity index is 475. The zero-order valence-corrected chi connectivity index (χ0v) is 16.1. The molecule has 0 saturated carbocycles. The number of carbonyl (C=O) groups excluding carboxylic acids is 1. The maximum absolute atomic E-state index is 11.7. The highest BCUT2D eigenvalue weighted by Crippen LogP contribution is 2.14. The third-order valence-corrected chi connectivity index (χ3v) is 4.09. The van der Waals surface area contributed by atoms with Crippen molar-refractivity contribution in [3.05, 3.63) is 35.4 Å². The second-order valence-corrected chi connectivity index (χ2v) is 6.47. The van der Waals surface area contributed by atoms with Crippen LogP contribution in [-0.2, 0) is 17.9 Å². The number of rotatable bonds is 6. The van der Waals surface area contributed by atoms with Crippen molar-refractivity contribution in [1.82, 2.24) is 10.2 Å². The van der Waals surface area contributed by atoms with Crippen LogP contribution in [-0.4, -0.2) is 29.9 Å². The van der Waals surface area contributed by atoms with Crippen molar-refractivity contribution >= 4 is 30.7 Å². The summed E-state index contributed by atoms with van der Waals surface area (Å²) in [5, 5.41) is 2.94. The molecule has 0 bridgehead atoms. The first-order valence-electron chi connectivity index (χ1n) is 8.46. The number of nitrogens with two attached hydrogens (primary N) is 1. The largest absolute Gasteiger partial charge is 0.352 e. The number of halogens is 2. The molecule has 1 saturated heterocycles. The van der Waals surface area contributed by atoms with Crippen molar-refractivity contribution in [2.45, 2.75) is 58.2 Å². The van der Waals surface area contributed by atoms with Gasteiger partial charge in [0, 0.05) is 25.6 Å². The van der Waals surface area contributed by atoms with E-state index in [1.807, 2.05) is 6.92 Å². The molecule has 1 amide bonds. The van der Waals surface area contributed by atoms with Gasteiger partial charge in [0.25, 0.3) is 0 Å². The highest BCUT2D eigenvalue weighted by molar-refractivity contribution is 5.85. The van der Waals surface area contributed by atoms with E-state index in [0.29, 0.717) is 13.0 Å².